The van der Waals surface area contributed by atoms with Gasteiger partial charge in [0.15, 0.2) is 0 Å². The first-order chi connectivity index (χ1) is 14.0. The number of nitrogens with zero attached hydrogens (tertiary/aromatic N) is 2. The average molecular weight is 390 g/mol. The van der Waals surface area contributed by atoms with Crippen molar-refractivity contribution in [1.82, 2.24) is 4.90 Å². The van der Waals surface area contributed by atoms with E-state index in [1.807, 2.05) is 30.3 Å². The normalized spacial score (nSPS) is 16.4. The van der Waals surface area contributed by atoms with Crippen molar-refractivity contribution in [3.63, 3.8) is 0 Å². The predicted molar refractivity (Wildman–Crippen MR) is 107 cm³/mol. The van der Waals surface area contributed by atoms with Crippen molar-refractivity contribution in [2.45, 2.75) is 12.5 Å². The lowest BCUT2D eigenvalue weighted by atomic mass is 10.1. The van der Waals surface area contributed by atoms with Crippen LogP contribution in [0.3, 0.4) is 0 Å². The van der Waals surface area contributed by atoms with Crippen LogP contribution in [0.25, 0.3) is 0 Å². The second-order valence-corrected chi connectivity index (χ2v) is 6.83. The van der Waals surface area contributed by atoms with Crippen LogP contribution in [0.15, 0.2) is 78.9 Å². The highest BCUT2D eigenvalue weighted by Crippen LogP contribution is 2.29. The Balaban J connectivity index is 1.51. The number of anilines is 1. The second-order valence-electron chi connectivity index (χ2n) is 6.83. The van der Waals surface area contributed by atoms with Gasteiger partial charge in [-0.2, -0.15) is 0 Å². The van der Waals surface area contributed by atoms with Gasteiger partial charge in [-0.05, 0) is 42.0 Å². The van der Waals surface area contributed by atoms with Crippen molar-refractivity contribution in [2.75, 3.05) is 11.9 Å². The Labute approximate surface area is 167 Å². The molecule has 0 bridgehead atoms. The zero-order valence-corrected chi connectivity index (χ0v) is 15.8. The molecule has 0 aliphatic carbocycles. The molecule has 6 heteroatoms. The third-order valence-corrected chi connectivity index (χ3v) is 4.86. The maximum Gasteiger partial charge on any atom is 0.331 e. The Bertz CT molecular complexity index is 1040. The van der Waals surface area contributed by atoms with E-state index in [0.29, 0.717) is 23.6 Å². The fourth-order valence-electron chi connectivity index (χ4n) is 3.33. The molecule has 1 aliphatic heterocycles. The highest BCUT2D eigenvalue weighted by molar-refractivity contribution is 6.21. The SMILES string of the molecule is CN1C(=O)N(c2ccc(Oc3cccc(F)c3)cc2)C(=O)C1Cc1ccccc1. The molecule has 1 unspecified atom stereocenters. The van der Waals surface area contributed by atoms with Gasteiger partial charge in [-0.1, -0.05) is 36.4 Å². The number of hydrogen-bond acceptors (Lipinski definition) is 3. The van der Waals surface area contributed by atoms with Crippen molar-refractivity contribution >= 4 is 17.6 Å². The lowest BCUT2D eigenvalue weighted by Gasteiger charge is -2.15. The van der Waals surface area contributed by atoms with Crippen LogP contribution < -0.4 is 9.64 Å². The van der Waals surface area contributed by atoms with Gasteiger partial charge in [-0.3, -0.25) is 4.79 Å². The van der Waals surface area contributed by atoms with E-state index in [-0.39, 0.29) is 17.8 Å². The molecule has 3 aromatic rings. The summed E-state index contributed by atoms with van der Waals surface area (Å²) in [6.07, 6.45) is 0.458. The summed E-state index contributed by atoms with van der Waals surface area (Å²) in [4.78, 5) is 28.3. The van der Waals surface area contributed by atoms with Gasteiger partial charge in [0, 0.05) is 19.5 Å². The number of likely N-dealkylation sites (N-methyl/N-ethyl adjacent to an activating group) is 1. The number of imide groups is 1. The molecule has 1 atom stereocenters. The largest absolute Gasteiger partial charge is 0.457 e. The van der Waals surface area contributed by atoms with Gasteiger partial charge in [0.25, 0.3) is 5.91 Å². The number of halogens is 1. The van der Waals surface area contributed by atoms with Gasteiger partial charge >= 0.3 is 6.03 Å². The number of rotatable bonds is 5. The number of carbonyl (C=O) groups excluding carboxylic acids is 2. The van der Waals surface area contributed by atoms with E-state index < -0.39 is 6.04 Å². The highest BCUT2D eigenvalue weighted by atomic mass is 19.1. The van der Waals surface area contributed by atoms with E-state index in [2.05, 4.69) is 0 Å². The summed E-state index contributed by atoms with van der Waals surface area (Å²) < 4.78 is 18.9. The molecular formula is C23H19FN2O3. The molecule has 1 fully saturated rings. The van der Waals surface area contributed by atoms with Crippen LogP contribution >= 0.6 is 0 Å². The molecule has 0 spiro atoms. The average Bonchev–Trinajstić information content (AvgIpc) is 2.93. The van der Waals surface area contributed by atoms with Crippen LogP contribution in [0.5, 0.6) is 11.5 Å². The summed E-state index contributed by atoms with van der Waals surface area (Å²) in [7, 11) is 1.63. The Morgan fingerprint density at radius 3 is 2.31 bits per heavy atom. The molecule has 3 amide bonds. The van der Waals surface area contributed by atoms with E-state index in [1.165, 1.54) is 21.9 Å². The van der Waals surface area contributed by atoms with Crippen LogP contribution in [0.2, 0.25) is 0 Å². The lowest BCUT2D eigenvalue weighted by molar-refractivity contribution is -0.119. The Kier molecular flexibility index (Phi) is 4.99. The van der Waals surface area contributed by atoms with Crippen molar-refractivity contribution in [2.24, 2.45) is 0 Å². The predicted octanol–water partition coefficient (Wildman–Crippen LogP) is 4.63. The molecule has 146 valence electrons. The Morgan fingerprint density at radius 1 is 0.897 bits per heavy atom. The summed E-state index contributed by atoms with van der Waals surface area (Å²) in [5.74, 6) is 0.196. The van der Waals surface area contributed by atoms with E-state index in [0.717, 1.165) is 5.56 Å². The monoisotopic (exact) mass is 390 g/mol. The van der Waals surface area contributed by atoms with Crippen LogP contribution in [0, 0.1) is 5.82 Å². The zero-order valence-electron chi connectivity index (χ0n) is 15.8. The Morgan fingerprint density at radius 2 is 1.62 bits per heavy atom. The first kappa shape index (κ1) is 18.7. The number of hydrogen-bond donors (Lipinski definition) is 0. The summed E-state index contributed by atoms with van der Waals surface area (Å²) >= 11 is 0. The first-order valence-electron chi connectivity index (χ1n) is 9.21. The standard InChI is InChI=1S/C23H19FN2O3/c1-25-21(14-16-6-3-2-4-7-16)22(27)26(23(25)28)18-10-12-19(13-11-18)29-20-9-5-8-17(24)15-20/h2-13,15,21H,14H2,1H3. The van der Waals surface area contributed by atoms with Gasteiger partial charge in [0.1, 0.15) is 23.4 Å². The fraction of sp³-hybridized carbons (Fsp3) is 0.130. The first-order valence-corrected chi connectivity index (χ1v) is 9.21. The Hall–Kier alpha value is -3.67. The summed E-state index contributed by atoms with van der Waals surface area (Å²) in [5, 5.41) is 0. The number of urea groups is 1. The maximum absolute atomic E-state index is 13.3. The van der Waals surface area contributed by atoms with Crippen LogP contribution in [-0.2, 0) is 11.2 Å². The topological polar surface area (TPSA) is 49.9 Å². The molecule has 0 aromatic heterocycles. The molecule has 0 radical (unpaired) electrons. The van der Waals surface area contributed by atoms with Gasteiger partial charge in [0.2, 0.25) is 0 Å². The van der Waals surface area contributed by atoms with Crippen molar-refractivity contribution in [3.8, 4) is 11.5 Å². The van der Waals surface area contributed by atoms with Crippen LogP contribution in [0.4, 0.5) is 14.9 Å². The third kappa shape index (κ3) is 3.82. The molecule has 1 aliphatic rings. The maximum atomic E-state index is 13.3. The number of amides is 3. The van der Waals surface area contributed by atoms with Gasteiger partial charge in [-0.25, -0.2) is 14.1 Å². The van der Waals surface area contributed by atoms with Crippen molar-refractivity contribution < 1.29 is 18.7 Å². The van der Waals surface area contributed by atoms with Gasteiger partial charge in [-0.15, -0.1) is 0 Å². The number of benzene rings is 3. The smallest absolute Gasteiger partial charge is 0.331 e. The molecule has 29 heavy (non-hydrogen) atoms. The lowest BCUT2D eigenvalue weighted by Crippen LogP contribution is -2.33. The fourth-order valence-corrected chi connectivity index (χ4v) is 3.33. The second kappa shape index (κ2) is 7.75. The van der Waals surface area contributed by atoms with E-state index in [1.54, 1.807) is 43.4 Å². The summed E-state index contributed by atoms with van der Waals surface area (Å²) in [5.41, 5.74) is 1.46. The van der Waals surface area contributed by atoms with Crippen LogP contribution in [-0.4, -0.2) is 29.9 Å². The van der Waals surface area contributed by atoms with Crippen LogP contribution in [0.1, 0.15) is 5.56 Å². The molecule has 4 rings (SSSR count). The molecule has 0 N–H and O–H groups in total. The van der Waals surface area contributed by atoms with E-state index in [9.17, 15) is 14.0 Å². The molecular weight excluding hydrogens is 371 g/mol. The van der Waals surface area contributed by atoms with Gasteiger partial charge in [0.05, 0.1) is 5.69 Å². The molecule has 0 saturated carbocycles. The van der Waals surface area contributed by atoms with Crippen molar-refractivity contribution in [3.05, 3.63) is 90.2 Å². The molecule has 5 nitrogen and oxygen atoms in total. The van der Waals surface area contributed by atoms with Gasteiger partial charge < -0.3 is 9.64 Å². The minimum Gasteiger partial charge on any atom is -0.457 e. The quantitative estimate of drug-likeness (QED) is 0.597. The van der Waals surface area contributed by atoms with E-state index in [4.69, 9.17) is 4.74 Å². The molecule has 3 aromatic carbocycles. The van der Waals surface area contributed by atoms with Crippen molar-refractivity contribution in [1.29, 1.82) is 0 Å². The molecule has 1 saturated heterocycles. The zero-order chi connectivity index (χ0) is 20.4. The summed E-state index contributed by atoms with van der Waals surface area (Å²) in [6.45, 7) is 0. The summed E-state index contributed by atoms with van der Waals surface area (Å²) in [6, 6.07) is 21.1. The number of ether oxygens (including phenoxy) is 1. The highest BCUT2D eigenvalue weighted by Gasteiger charge is 2.43. The third-order valence-electron chi connectivity index (χ3n) is 4.86. The van der Waals surface area contributed by atoms with E-state index >= 15 is 0 Å². The minimum absolute atomic E-state index is 0.264. The minimum atomic E-state index is -0.548. The molecule has 1 heterocycles. The number of carbonyl (C=O) groups is 2.